The van der Waals surface area contributed by atoms with E-state index in [2.05, 4.69) is 4.84 Å². The maximum absolute atomic E-state index is 9.59. The lowest BCUT2D eigenvalue weighted by Gasteiger charge is -1.58. The average Bonchev–Trinajstić information content (AvgIpc) is 1.79. The zero-order valence-electron chi connectivity index (χ0n) is 2.76. The molecule has 1 aliphatic heterocycles. The highest BCUT2D eigenvalue weighted by Gasteiger charge is 2.28. The van der Waals surface area contributed by atoms with Crippen molar-refractivity contribution < 1.29 is 9.63 Å². The van der Waals surface area contributed by atoms with Gasteiger partial charge in [0.2, 0.25) is 0 Å². The number of nitrogens with zero attached hydrogens (tertiary/aromatic N) is 1. The van der Waals surface area contributed by atoms with Gasteiger partial charge in [-0.25, -0.2) is 4.79 Å². The van der Waals surface area contributed by atoms with E-state index in [1.165, 1.54) is 0 Å². The zero-order chi connectivity index (χ0) is 3.86. The normalized spacial score (nSPS) is 18.6. The summed E-state index contributed by atoms with van der Waals surface area (Å²) in [4.78, 5) is 13.7. The van der Waals surface area contributed by atoms with Gasteiger partial charge < -0.3 is 4.84 Å². The monoisotopic (exact) mass is 73.0 g/mol. The highest BCUT2D eigenvalue weighted by Crippen LogP contribution is 2.04. The lowest BCUT2D eigenvalue weighted by Crippen LogP contribution is -1.78. The molecule has 1 aliphatic rings. The van der Waals surface area contributed by atoms with Crippen LogP contribution in [0.2, 0.25) is 0 Å². The third kappa shape index (κ3) is 0.190. The fourth-order valence-corrected chi connectivity index (χ4v) is 0.0967. The minimum Gasteiger partial charge on any atom is -0.314 e. The van der Waals surface area contributed by atoms with E-state index >= 15 is 0 Å². The standard InChI is InChI=1S/C2H3NO2/c1-3-2(4)5-3/h1H3. The van der Waals surface area contributed by atoms with Crippen molar-refractivity contribution in [3.8, 4) is 0 Å². The largest absolute Gasteiger partial charge is 0.467 e. The van der Waals surface area contributed by atoms with Crippen molar-refractivity contribution in [2.24, 2.45) is 0 Å². The van der Waals surface area contributed by atoms with Gasteiger partial charge in [-0.1, -0.05) is 0 Å². The first-order valence-electron chi connectivity index (χ1n) is 1.26. The van der Waals surface area contributed by atoms with Crippen molar-refractivity contribution in [1.82, 2.24) is 5.06 Å². The molecule has 5 heavy (non-hydrogen) atoms. The number of hydroxylamine groups is 2. The molecule has 0 aromatic heterocycles. The predicted octanol–water partition coefficient (Wildman–Crippen LogP) is -0.0166. The van der Waals surface area contributed by atoms with Crippen LogP contribution in [0.25, 0.3) is 0 Å². The fourth-order valence-electron chi connectivity index (χ4n) is 0.0967. The van der Waals surface area contributed by atoms with Gasteiger partial charge in [0.05, 0.1) is 7.05 Å². The maximum Gasteiger partial charge on any atom is 0.467 e. The van der Waals surface area contributed by atoms with E-state index in [1.54, 1.807) is 7.05 Å². The topological polar surface area (TPSA) is 32.6 Å². The number of carbonyl (C=O) groups excluding carboxylic acids is 1. The number of hydrogen-bond acceptors (Lipinski definition) is 2. The number of rotatable bonds is 0. The van der Waals surface area contributed by atoms with Crippen LogP contribution in [0.15, 0.2) is 0 Å². The Labute approximate surface area is 29.1 Å². The summed E-state index contributed by atoms with van der Waals surface area (Å²) >= 11 is 0. The zero-order valence-corrected chi connectivity index (χ0v) is 2.76. The Balaban J connectivity index is 2.47. The van der Waals surface area contributed by atoms with Gasteiger partial charge in [0.25, 0.3) is 0 Å². The van der Waals surface area contributed by atoms with Crippen molar-refractivity contribution in [2.75, 3.05) is 7.05 Å². The lowest BCUT2D eigenvalue weighted by atomic mass is 11.2. The van der Waals surface area contributed by atoms with Gasteiger partial charge in [-0.15, -0.1) is 5.06 Å². The highest BCUT2D eigenvalue weighted by atomic mass is 16.9. The summed E-state index contributed by atoms with van der Waals surface area (Å²) in [6.45, 7) is 0. The first-order valence-corrected chi connectivity index (χ1v) is 1.26. The average molecular weight is 73.1 g/mol. The summed E-state index contributed by atoms with van der Waals surface area (Å²) in [6.07, 6.45) is -0.245. The summed E-state index contributed by atoms with van der Waals surface area (Å²) in [6, 6.07) is 0. The lowest BCUT2D eigenvalue weighted by molar-refractivity contribution is 0.227. The first-order chi connectivity index (χ1) is 2.30. The Kier molecular flexibility index (Phi) is 0.215. The van der Waals surface area contributed by atoms with Crippen LogP contribution >= 0.6 is 0 Å². The number of carbonyl (C=O) groups is 1. The number of amides is 1. The second kappa shape index (κ2) is 0.429. The van der Waals surface area contributed by atoms with Crippen LogP contribution in [-0.2, 0) is 4.84 Å². The van der Waals surface area contributed by atoms with Crippen LogP contribution in [0, 0.1) is 0 Å². The molecule has 0 unspecified atom stereocenters. The summed E-state index contributed by atoms with van der Waals surface area (Å²) < 4.78 is 0. The molecular formula is C2H3NO2. The first kappa shape index (κ1) is 2.50. The third-order valence-electron chi connectivity index (χ3n) is 0.440. The molecule has 28 valence electrons. The smallest absolute Gasteiger partial charge is 0.314 e. The van der Waals surface area contributed by atoms with E-state index in [1.807, 2.05) is 0 Å². The summed E-state index contributed by atoms with van der Waals surface area (Å²) in [5.74, 6) is 0. The summed E-state index contributed by atoms with van der Waals surface area (Å²) in [7, 11) is 1.56. The van der Waals surface area contributed by atoms with Crippen molar-refractivity contribution in [2.45, 2.75) is 0 Å². The van der Waals surface area contributed by atoms with Gasteiger partial charge in [0, 0.05) is 0 Å². The van der Waals surface area contributed by atoms with E-state index in [4.69, 9.17) is 0 Å². The van der Waals surface area contributed by atoms with Crippen LogP contribution < -0.4 is 0 Å². The molecule has 1 fully saturated rings. The maximum atomic E-state index is 9.59. The predicted molar refractivity (Wildman–Crippen MR) is 14.2 cm³/mol. The minimum atomic E-state index is -0.245. The molecule has 1 amide bonds. The molecular weight excluding hydrogens is 70.0 g/mol. The Morgan fingerprint density at radius 1 is 2.00 bits per heavy atom. The van der Waals surface area contributed by atoms with Crippen LogP contribution in [-0.4, -0.2) is 18.2 Å². The summed E-state index contributed by atoms with van der Waals surface area (Å²) in [5, 5.41) is 1.15. The second-order valence-electron chi connectivity index (χ2n) is 0.855. The highest BCUT2D eigenvalue weighted by molar-refractivity contribution is 5.75. The van der Waals surface area contributed by atoms with Crippen LogP contribution in [0.4, 0.5) is 4.79 Å². The fraction of sp³-hybridized carbons (Fsp3) is 0.500. The van der Waals surface area contributed by atoms with Crippen molar-refractivity contribution in [3.63, 3.8) is 0 Å². The second-order valence-corrected chi connectivity index (χ2v) is 0.855. The van der Waals surface area contributed by atoms with E-state index in [0.29, 0.717) is 0 Å². The Morgan fingerprint density at radius 2 is 2.20 bits per heavy atom. The third-order valence-corrected chi connectivity index (χ3v) is 0.440. The molecule has 3 nitrogen and oxygen atoms in total. The molecule has 1 heterocycles. The quantitative estimate of drug-likeness (QED) is 0.377. The summed E-state index contributed by atoms with van der Waals surface area (Å²) in [5.41, 5.74) is 0. The molecule has 0 aromatic rings. The van der Waals surface area contributed by atoms with E-state index < -0.39 is 0 Å². The Hall–Kier alpha value is -0.730. The Morgan fingerprint density at radius 3 is 2.20 bits per heavy atom. The van der Waals surface area contributed by atoms with E-state index in [-0.39, 0.29) is 6.09 Å². The molecule has 0 saturated carbocycles. The van der Waals surface area contributed by atoms with E-state index in [0.717, 1.165) is 5.06 Å². The van der Waals surface area contributed by atoms with Gasteiger partial charge in [0.15, 0.2) is 0 Å². The molecule has 1 rings (SSSR count). The molecule has 0 bridgehead atoms. The molecule has 0 spiro atoms. The van der Waals surface area contributed by atoms with Gasteiger partial charge in [-0.3, -0.25) is 0 Å². The van der Waals surface area contributed by atoms with Crippen LogP contribution in [0.3, 0.4) is 0 Å². The molecule has 3 heteroatoms. The molecule has 1 saturated heterocycles. The number of hydrogen-bond donors (Lipinski definition) is 0. The Bertz CT molecular complexity index is 70.0. The van der Waals surface area contributed by atoms with Gasteiger partial charge in [-0.05, 0) is 0 Å². The molecule has 0 radical (unpaired) electrons. The molecule has 0 atom stereocenters. The van der Waals surface area contributed by atoms with Crippen LogP contribution in [0.5, 0.6) is 0 Å². The van der Waals surface area contributed by atoms with Crippen LogP contribution in [0.1, 0.15) is 0 Å². The van der Waals surface area contributed by atoms with Gasteiger partial charge >= 0.3 is 6.09 Å². The molecule has 0 aromatic carbocycles. The molecule has 0 aliphatic carbocycles. The van der Waals surface area contributed by atoms with E-state index in [9.17, 15) is 4.79 Å². The SMILES string of the molecule is CN1OC1=O. The van der Waals surface area contributed by atoms with Crippen molar-refractivity contribution in [1.29, 1.82) is 0 Å². The minimum absolute atomic E-state index is 0.245. The molecule has 0 N–H and O–H groups in total. The van der Waals surface area contributed by atoms with Gasteiger partial charge in [-0.2, -0.15) is 0 Å². The van der Waals surface area contributed by atoms with Gasteiger partial charge in [0.1, 0.15) is 0 Å². The van der Waals surface area contributed by atoms with Crippen molar-refractivity contribution >= 4 is 6.09 Å². The van der Waals surface area contributed by atoms with Crippen molar-refractivity contribution in [3.05, 3.63) is 0 Å².